The molecule has 3 aliphatic rings. The molecule has 0 radical (unpaired) electrons. The Morgan fingerprint density at radius 1 is 1.00 bits per heavy atom. The van der Waals surface area contributed by atoms with Crippen molar-refractivity contribution in [2.45, 2.75) is 70.0 Å². The molecule has 7 heteroatoms. The van der Waals surface area contributed by atoms with Crippen molar-refractivity contribution in [2.75, 3.05) is 33.2 Å². The molecule has 2 N–H and O–H groups in total. The molecule has 0 bridgehead atoms. The maximum atomic E-state index is 13.9. The highest BCUT2D eigenvalue weighted by molar-refractivity contribution is 5.97. The van der Waals surface area contributed by atoms with Crippen molar-refractivity contribution >= 4 is 17.6 Å². The van der Waals surface area contributed by atoms with Gasteiger partial charge in [0.2, 0.25) is 11.8 Å². The third-order valence-corrected chi connectivity index (χ3v) is 8.20. The second-order valence-electron chi connectivity index (χ2n) is 10.4. The number of rotatable bonds is 8. The first kappa shape index (κ1) is 24.9. The summed E-state index contributed by atoms with van der Waals surface area (Å²) < 4.78 is 0. The molecule has 4 rings (SSSR count). The lowest BCUT2D eigenvalue weighted by Crippen LogP contribution is -2.59. The molecule has 3 fully saturated rings. The lowest BCUT2D eigenvalue weighted by atomic mass is 9.83. The predicted molar refractivity (Wildman–Crippen MR) is 132 cm³/mol. The second-order valence-corrected chi connectivity index (χ2v) is 10.4. The number of hydrogen-bond acceptors (Lipinski definition) is 5. The zero-order chi connectivity index (χ0) is 24.1. The van der Waals surface area contributed by atoms with Gasteiger partial charge in [-0.05, 0) is 58.0 Å². The summed E-state index contributed by atoms with van der Waals surface area (Å²) in [6.45, 7) is 4.58. The van der Waals surface area contributed by atoms with Gasteiger partial charge in [0.15, 0.2) is 5.78 Å². The highest BCUT2D eigenvalue weighted by atomic mass is 16.2. The molecule has 0 spiro atoms. The summed E-state index contributed by atoms with van der Waals surface area (Å²) in [6, 6.07) is 8.77. The Morgan fingerprint density at radius 2 is 1.71 bits per heavy atom. The maximum Gasteiger partial charge on any atom is 0.245 e. The Bertz CT molecular complexity index is 855. The number of hydrogen-bond donors (Lipinski definition) is 2. The molecule has 4 atom stereocenters. The maximum absolute atomic E-state index is 13.9. The van der Waals surface area contributed by atoms with Crippen LogP contribution in [-0.2, 0) is 9.59 Å². The minimum atomic E-state index is -0.455. The fourth-order valence-electron chi connectivity index (χ4n) is 5.98. The number of likely N-dealkylation sites (tertiary alicyclic amines) is 2. The van der Waals surface area contributed by atoms with Crippen LogP contribution in [0, 0.1) is 11.8 Å². The van der Waals surface area contributed by atoms with Crippen LogP contribution in [0.3, 0.4) is 0 Å². The van der Waals surface area contributed by atoms with Crippen molar-refractivity contribution in [3.8, 4) is 0 Å². The summed E-state index contributed by atoms with van der Waals surface area (Å²) in [5, 5.41) is 6.10. The van der Waals surface area contributed by atoms with Crippen molar-refractivity contribution in [3.63, 3.8) is 0 Å². The van der Waals surface area contributed by atoms with Crippen LogP contribution >= 0.6 is 0 Å². The fourth-order valence-corrected chi connectivity index (χ4v) is 5.98. The Morgan fingerprint density at radius 3 is 2.41 bits per heavy atom. The average Bonchev–Trinajstić information content (AvgIpc) is 3.30. The number of piperidine rings is 1. The van der Waals surface area contributed by atoms with E-state index in [0.29, 0.717) is 12.5 Å². The van der Waals surface area contributed by atoms with E-state index in [0.717, 1.165) is 63.7 Å². The standard InChI is InChI=1S/C27H40N4O3/c1-19(28-2)26(33)29-25(22-11-7-4-8-12-22)27(34)31-16-14-20-13-15-30(17-23(20)31)18-24(32)21-9-5-3-6-10-21/h3,5-6,9-10,19-20,22-23,25,28H,4,7-8,11-18H2,1-2H3,(H,29,33)/t19-,20+,23+,25-/m0/s1. The number of carbonyl (C=O) groups is 3. The van der Waals surface area contributed by atoms with Crippen LogP contribution < -0.4 is 10.6 Å². The summed E-state index contributed by atoms with van der Waals surface area (Å²) in [5.74, 6) is 0.773. The van der Waals surface area contributed by atoms with Crippen LogP contribution in [0.5, 0.6) is 0 Å². The summed E-state index contributed by atoms with van der Waals surface area (Å²) in [4.78, 5) is 43.7. The van der Waals surface area contributed by atoms with Gasteiger partial charge in [-0.15, -0.1) is 0 Å². The quantitative estimate of drug-likeness (QED) is 0.573. The zero-order valence-corrected chi connectivity index (χ0v) is 20.7. The lowest BCUT2D eigenvalue weighted by Gasteiger charge is -2.40. The summed E-state index contributed by atoms with van der Waals surface area (Å²) in [7, 11) is 1.76. The van der Waals surface area contributed by atoms with Crippen molar-refractivity contribution in [1.29, 1.82) is 0 Å². The van der Waals surface area contributed by atoms with Gasteiger partial charge >= 0.3 is 0 Å². The van der Waals surface area contributed by atoms with E-state index in [1.54, 1.807) is 7.05 Å². The van der Waals surface area contributed by atoms with E-state index in [2.05, 4.69) is 15.5 Å². The number of Topliss-reactive ketones (excluding diaryl/α,β-unsaturated/α-hetero) is 1. The van der Waals surface area contributed by atoms with Crippen LogP contribution in [0.25, 0.3) is 0 Å². The molecule has 0 unspecified atom stereocenters. The minimum absolute atomic E-state index is 0.0762. The molecule has 2 saturated heterocycles. The molecule has 2 amide bonds. The molecule has 1 aromatic carbocycles. The summed E-state index contributed by atoms with van der Waals surface area (Å²) in [6.07, 6.45) is 7.44. The van der Waals surface area contributed by atoms with Crippen molar-refractivity contribution < 1.29 is 14.4 Å². The largest absolute Gasteiger partial charge is 0.343 e. The predicted octanol–water partition coefficient (Wildman–Crippen LogP) is 2.47. The molecule has 1 aromatic rings. The third kappa shape index (κ3) is 5.69. The zero-order valence-electron chi connectivity index (χ0n) is 20.7. The van der Waals surface area contributed by atoms with Gasteiger partial charge in [-0.2, -0.15) is 0 Å². The number of fused-ring (bicyclic) bond motifs is 1. The molecular weight excluding hydrogens is 428 g/mol. The Balaban J connectivity index is 1.45. The highest BCUT2D eigenvalue weighted by Crippen LogP contribution is 2.34. The number of carbonyl (C=O) groups excluding carboxylic acids is 3. The first-order valence-electron chi connectivity index (χ1n) is 13.1. The number of amides is 2. The van der Waals surface area contributed by atoms with Crippen LogP contribution in [0.4, 0.5) is 0 Å². The van der Waals surface area contributed by atoms with E-state index in [-0.39, 0.29) is 35.6 Å². The lowest BCUT2D eigenvalue weighted by molar-refractivity contribution is -0.140. The number of nitrogens with one attached hydrogen (secondary N) is 2. The van der Waals surface area contributed by atoms with E-state index < -0.39 is 6.04 Å². The normalized spacial score (nSPS) is 25.4. The van der Waals surface area contributed by atoms with E-state index >= 15 is 0 Å². The first-order valence-corrected chi connectivity index (χ1v) is 13.1. The van der Waals surface area contributed by atoms with Crippen LogP contribution in [0.2, 0.25) is 0 Å². The Kier molecular flexibility index (Phi) is 8.37. The Labute approximate surface area is 203 Å². The molecule has 0 aromatic heterocycles. The Hall–Kier alpha value is -2.25. The first-order chi connectivity index (χ1) is 16.5. The molecule has 1 saturated carbocycles. The highest BCUT2D eigenvalue weighted by Gasteiger charge is 2.44. The van der Waals surface area contributed by atoms with Crippen molar-refractivity contribution in [1.82, 2.24) is 20.4 Å². The van der Waals surface area contributed by atoms with E-state index in [9.17, 15) is 14.4 Å². The summed E-state index contributed by atoms with van der Waals surface area (Å²) >= 11 is 0. The van der Waals surface area contributed by atoms with Crippen LogP contribution in [-0.4, -0.2) is 78.7 Å². The number of benzene rings is 1. The molecule has 34 heavy (non-hydrogen) atoms. The van der Waals surface area contributed by atoms with Gasteiger partial charge < -0.3 is 15.5 Å². The topological polar surface area (TPSA) is 81.8 Å². The SMILES string of the molecule is CN[C@@H](C)C(=O)N[C@H](C(=O)N1CC[C@H]2CCN(CC(=O)c3ccccc3)C[C@H]21)C1CCCCC1. The van der Waals surface area contributed by atoms with Gasteiger partial charge in [-0.25, -0.2) is 0 Å². The van der Waals surface area contributed by atoms with Gasteiger partial charge in [0.1, 0.15) is 6.04 Å². The third-order valence-electron chi connectivity index (χ3n) is 8.20. The molecule has 7 nitrogen and oxygen atoms in total. The fraction of sp³-hybridized carbons (Fsp3) is 0.667. The van der Waals surface area contributed by atoms with Gasteiger partial charge in [0, 0.05) is 24.7 Å². The number of likely N-dealkylation sites (N-methyl/N-ethyl adjacent to an activating group) is 1. The molecule has 186 valence electrons. The average molecular weight is 469 g/mol. The monoisotopic (exact) mass is 468 g/mol. The van der Waals surface area contributed by atoms with Crippen LogP contribution in [0.1, 0.15) is 62.2 Å². The number of nitrogens with zero attached hydrogens (tertiary/aromatic N) is 2. The summed E-state index contributed by atoms with van der Waals surface area (Å²) in [5.41, 5.74) is 0.739. The van der Waals surface area contributed by atoms with Gasteiger partial charge in [0.05, 0.1) is 12.6 Å². The van der Waals surface area contributed by atoms with Crippen LogP contribution in [0.15, 0.2) is 30.3 Å². The molecular formula is C27H40N4O3. The molecule has 1 aliphatic carbocycles. The second kappa shape index (κ2) is 11.5. The number of ketones is 1. The molecule has 2 heterocycles. The minimum Gasteiger partial charge on any atom is -0.343 e. The van der Waals surface area contributed by atoms with E-state index in [1.807, 2.05) is 42.2 Å². The van der Waals surface area contributed by atoms with E-state index in [1.165, 1.54) is 6.42 Å². The van der Waals surface area contributed by atoms with Crippen molar-refractivity contribution in [2.24, 2.45) is 11.8 Å². The van der Waals surface area contributed by atoms with Gasteiger partial charge in [0.25, 0.3) is 0 Å². The molecule has 2 aliphatic heterocycles. The van der Waals surface area contributed by atoms with Crippen molar-refractivity contribution in [3.05, 3.63) is 35.9 Å². The smallest absolute Gasteiger partial charge is 0.245 e. The van der Waals surface area contributed by atoms with Gasteiger partial charge in [-0.1, -0.05) is 49.6 Å². The van der Waals surface area contributed by atoms with Gasteiger partial charge in [-0.3, -0.25) is 19.3 Å². The van der Waals surface area contributed by atoms with E-state index in [4.69, 9.17) is 0 Å².